The van der Waals surface area contributed by atoms with E-state index in [4.69, 9.17) is 10.5 Å². The van der Waals surface area contributed by atoms with E-state index in [0.29, 0.717) is 11.4 Å². The number of nitrogens with one attached hydrogen (secondary N) is 1. The highest BCUT2D eigenvalue weighted by Crippen LogP contribution is 2.20. The first-order chi connectivity index (χ1) is 10.6. The van der Waals surface area contributed by atoms with Crippen molar-refractivity contribution in [3.05, 3.63) is 36.0 Å². The Morgan fingerprint density at radius 1 is 1.27 bits per heavy atom. The molecule has 0 radical (unpaired) electrons. The van der Waals surface area contributed by atoms with Crippen molar-refractivity contribution in [3.63, 3.8) is 0 Å². The smallest absolute Gasteiger partial charge is 0.261 e. The highest BCUT2D eigenvalue weighted by molar-refractivity contribution is 6.07. The minimum Gasteiger partial charge on any atom is -0.383 e. The Morgan fingerprint density at radius 3 is 2.55 bits per heavy atom. The lowest BCUT2D eigenvalue weighted by atomic mass is 10.2. The van der Waals surface area contributed by atoms with Gasteiger partial charge >= 0.3 is 0 Å². The van der Waals surface area contributed by atoms with Gasteiger partial charge in [-0.05, 0) is 24.3 Å². The van der Waals surface area contributed by atoms with Crippen LogP contribution in [-0.2, 0) is 11.8 Å². The van der Waals surface area contributed by atoms with Crippen LogP contribution in [0.3, 0.4) is 0 Å². The molecular weight excluding hydrogens is 282 g/mol. The van der Waals surface area contributed by atoms with E-state index < -0.39 is 0 Å². The third-order valence-electron chi connectivity index (χ3n) is 3.73. The van der Waals surface area contributed by atoms with Crippen molar-refractivity contribution in [2.75, 3.05) is 42.3 Å². The number of rotatable bonds is 3. The molecule has 3 N–H and O–H groups in total. The van der Waals surface area contributed by atoms with Crippen molar-refractivity contribution in [2.24, 2.45) is 7.05 Å². The van der Waals surface area contributed by atoms with Crippen molar-refractivity contribution in [1.29, 1.82) is 0 Å². The monoisotopic (exact) mass is 301 g/mol. The third kappa shape index (κ3) is 2.89. The predicted octanol–water partition coefficient (Wildman–Crippen LogP) is 1.09. The van der Waals surface area contributed by atoms with Crippen molar-refractivity contribution in [3.8, 4) is 0 Å². The number of carbonyl (C=O) groups excluding carboxylic acids is 1. The highest BCUT2D eigenvalue weighted by atomic mass is 16.5. The highest BCUT2D eigenvalue weighted by Gasteiger charge is 2.14. The minimum atomic E-state index is -0.260. The largest absolute Gasteiger partial charge is 0.383 e. The van der Waals surface area contributed by atoms with E-state index in [-0.39, 0.29) is 5.91 Å². The van der Waals surface area contributed by atoms with Gasteiger partial charge in [0.25, 0.3) is 5.91 Å². The van der Waals surface area contributed by atoms with Gasteiger partial charge in [0.1, 0.15) is 11.4 Å². The lowest BCUT2D eigenvalue weighted by molar-refractivity contribution is 0.102. The first-order valence-electron chi connectivity index (χ1n) is 7.17. The van der Waals surface area contributed by atoms with Gasteiger partial charge in [-0.25, -0.2) is 0 Å². The van der Waals surface area contributed by atoms with E-state index >= 15 is 0 Å². The van der Waals surface area contributed by atoms with E-state index in [2.05, 4.69) is 15.3 Å². The Morgan fingerprint density at radius 2 is 1.95 bits per heavy atom. The van der Waals surface area contributed by atoms with Gasteiger partial charge in [-0.15, -0.1) is 0 Å². The molecule has 1 aromatic carbocycles. The van der Waals surface area contributed by atoms with Crippen LogP contribution in [0.1, 0.15) is 10.4 Å². The molecule has 1 amide bonds. The van der Waals surface area contributed by atoms with E-state index in [1.54, 1.807) is 7.05 Å². The van der Waals surface area contributed by atoms with E-state index in [0.717, 1.165) is 37.7 Å². The van der Waals surface area contributed by atoms with Crippen molar-refractivity contribution < 1.29 is 9.53 Å². The molecule has 3 rings (SSSR count). The Bertz CT molecular complexity index is 659. The topological polar surface area (TPSA) is 85.4 Å². The molecule has 1 fully saturated rings. The van der Waals surface area contributed by atoms with Gasteiger partial charge < -0.3 is 20.7 Å². The maximum absolute atomic E-state index is 12.2. The number of ether oxygens (including phenoxy) is 1. The average molecular weight is 301 g/mol. The zero-order valence-corrected chi connectivity index (χ0v) is 12.5. The van der Waals surface area contributed by atoms with Crippen molar-refractivity contribution in [2.45, 2.75) is 0 Å². The quantitative estimate of drug-likeness (QED) is 0.886. The molecule has 0 spiro atoms. The summed E-state index contributed by atoms with van der Waals surface area (Å²) in [7, 11) is 1.70. The molecule has 0 unspecified atom stereocenters. The number of hydrogen-bond donors (Lipinski definition) is 2. The standard InChI is InChI=1S/C15H19N5O2/c1-19-14(16)13(10-17-19)15(21)18-11-2-4-12(5-3-11)20-6-8-22-9-7-20/h2-5,10H,6-9,16H2,1H3,(H,18,21). The second kappa shape index (κ2) is 6.07. The lowest BCUT2D eigenvalue weighted by Gasteiger charge is -2.28. The number of morpholine rings is 1. The van der Waals surface area contributed by atoms with Crippen molar-refractivity contribution >= 4 is 23.1 Å². The number of amides is 1. The summed E-state index contributed by atoms with van der Waals surface area (Å²) in [5.74, 6) is 0.0900. The third-order valence-corrected chi connectivity index (χ3v) is 3.73. The van der Waals surface area contributed by atoms with Gasteiger partial charge in [-0.2, -0.15) is 5.10 Å². The summed E-state index contributed by atoms with van der Waals surface area (Å²) in [6.45, 7) is 3.27. The number of aromatic nitrogens is 2. The zero-order chi connectivity index (χ0) is 15.5. The second-order valence-corrected chi connectivity index (χ2v) is 5.17. The van der Waals surface area contributed by atoms with Crippen LogP contribution < -0.4 is 16.0 Å². The van der Waals surface area contributed by atoms with Crippen LogP contribution in [0.5, 0.6) is 0 Å². The Hall–Kier alpha value is -2.54. The van der Waals surface area contributed by atoms with E-state index in [9.17, 15) is 4.79 Å². The molecule has 1 aliphatic rings. The molecule has 0 bridgehead atoms. The second-order valence-electron chi connectivity index (χ2n) is 5.17. The predicted molar refractivity (Wildman–Crippen MR) is 85.0 cm³/mol. The van der Waals surface area contributed by atoms with Crippen LogP contribution in [0.4, 0.5) is 17.2 Å². The molecule has 22 heavy (non-hydrogen) atoms. The number of nitrogen functional groups attached to an aromatic ring is 1. The number of anilines is 3. The summed E-state index contributed by atoms with van der Waals surface area (Å²) >= 11 is 0. The van der Waals surface area contributed by atoms with Crippen LogP contribution in [0, 0.1) is 0 Å². The summed E-state index contributed by atoms with van der Waals surface area (Å²) in [6.07, 6.45) is 1.47. The molecular formula is C15H19N5O2. The molecule has 116 valence electrons. The molecule has 2 aromatic rings. The van der Waals surface area contributed by atoms with Crippen LogP contribution in [0.15, 0.2) is 30.5 Å². The first kappa shape index (κ1) is 14.4. The number of nitrogens with zero attached hydrogens (tertiary/aromatic N) is 3. The summed E-state index contributed by atoms with van der Waals surface area (Å²) in [5.41, 5.74) is 8.03. The number of nitrogens with two attached hydrogens (primary N) is 1. The molecule has 2 heterocycles. The van der Waals surface area contributed by atoms with E-state index in [1.807, 2.05) is 24.3 Å². The van der Waals surface area contributed by atoms with E-state index in [1.165, 1.54) is 10.9 Å². The SMILES string of the molecule is Cn1ncc(C(=O)Nc2ccc(N3CCOCC3)cc2)c1N. The van der Waals surface area contributed by atoms with Crippen LogP contribution in [-0.4, -0.2) is 42.0 Å². The molecule has 7 heteroatoms. The molecule has 1 aromatic heterocycles. The zero-order valence-electron chi connectivity index (χ0n) is 12.5. The fourth-order valence-electron chi connectivity index (χ4n) is 2.40. The van der Waals surface area contributed by atoms with Gasteiger partial charge in [0.05, 0.1) is 19.4 Å². The Balaban J connectivity index is 1.68. The van der Waals surface area contributed by atoms with Crippen LogP contribution in [0.2, 0.25) is 0 Å². The summed E-state index contributed by atoms with van der Waals surface area (Å²) in [4.78, 5) is 14.4. The molecule has 1 aliphatic heterocycles. The molecule has 0 aliphatic carbocycles. The average Bonchev–Trinajstić information content (AvgIpc) is 2.88. The molecule has 0 saturated carbocycles. The fraction of sp³-hybridized carbons (Fsp3) is 0.333. The van der Waals surface area contributed by atoms with Gasteiger partial charge in [-0.1, -0.05) is 0 Å². The normalized spacial score (nSPS) is 14.9. The fourth-order valence-corrected chi connectivity index (χ4v) is 2.40. The number of benzene rings is 1. The van der Waals surface area contributed by atoms with Gasteiger partial charge in [0.15, 0.2) is 0 Å². The first-order valence-corrected chi connectivity index (χ1v) is 7.17. The van der Waals surface area contributed by atoms with Gasteiger partial charge in [0.2, 0.25) is 0 Å². The number of hydrogen-bond acceptors (Lipinski definition) is 5. The molecule has 1 saturated heterocycles. The van der Waals surface area contributed by atoms with Gasteiger partial charge in [-0.3, -0.25) is 9.48 Å². The number of carbonyl (C=O) groups is 1. The minimum absolute atomic E-state index is 0.260. The number of aryl methyl sites for hydroxylation is 1. The summed E-state index contributed by atoms with van der Waals surface area (Å²) in [6, 6.07) is 7.76. The Labute approximate surface area is 128 Å². The maximum atomic E-state index is 12.2. The summed E-state index contributed by atoms with van der Waals surface area (Å²) < 4.78 is 6.81. The molecule has 0 atom stereocenters. The van der Waals surface area contributed by atoms with Crippen molar-refractivity contribution in [1.82, 2.24) is 9.78 Å². The maximum Gasteiger partial charge on any atom is 0.261 e. The van der Waals surface area contributed by atoms with Gasteiger partial charge in [0, 0.05) is 31.5 Å². The van der Waals surface area contributed by atoms with Crippen LogP contribution in [0.25, 0.3) is 0 Å². The Kier molecular flexibility index (Phi) is 3.97. The van der Waals surface area contributed by atoms with Crippen LogP contribution >= 0.6 is 0 Å². The lowest BCUT2D eigenvalue weighted by Crippen LogP contribution is -2.36. The molecule has 7 nitrogen and oxygen atoms in total. The summed E-state index contributed by atoms with van der Waals surface area (Å²) in [5, 5.41) is 6.79.